The van der Waals surface area contributed by atoms with E-state index in [9.17, 15) is 0 Å². The SMILES string of the molecule is CCc1cc(CC)c(C(Cl)c2ccc(CC)s2)c(CC)c1. The first-order valence-corrected chi connectivity index (χ1v) is 9.26. The molecule has 0 N–H and O–H groups in total. The molecule has 1 unspecified atom stereocenters. The standard InChI is InChI=1S/C19H25ClS/c1-5-13-11-14(6-2)18(15(7-3)12-13)19(20)17-10-9-16(8-4)21-17/h9-12,19H,5-8H2,1-4H3. The maximum Gasteiger partial charge on any atom is 0.0933 e. The number of rotatable bonds is 6. The molecule has 1 aromatic carbocycles. The van der Waals surface area contributed by atoms with Gasteiger partial charge in [-0.2, -0.15) is 0 Å². The first-order valence-electron chi connectivity index (χ1n) is 8.01. The van der Waals surface area contributed by atoms with Gasteiger partial charge in [0.2, 0.25) is 0 Å². The minimum atomic E-state index is -0.00824. The lowest BCUT2D eigenvalue weighted by atomic mass is 9.91. The molecule has 1 heterocycles. The van der Waals surface area contributed by atoms with Crippen molar-refractivity contribution in [2.24, 2.45) is 0 Å². The summed E-state index contributed by atoms with van der Waals surface area (Å²) in [4.78, 5) is 2.69. The Morgan fingerprint density at radius 3 is 1.95 bits per heavy atom. The van der Waals surface area contributed by atoms with Gasteiger partial charge in [0.15, 0.2) is 0 Å². The van der Waals surface area contributed by atoms with Crippen LogP contribution >= 0.6 is 22.9 Å². The van der Waals surface area contributed by atoms with Crippen LogP contribution in [-0.2, 0) is 25.7 Å². The van der Waals surface area contributed by atoms with E-state index in [4.69, 9.17) is 11.6 Å². The molecule has 0 radical (unpaired) electrons. The van der Waals surface area contributed by atoms with E-state index in [1.165, 1.54) is 32.0 Å². The summed E-state index contributed by atoms with van der Waals surface area (Å²) < 4.78 is 0. The first-order chi connectivity index (χ1) is 10.1. The summed E-state index contributed by atoms with van der Waals surface area (Å²) in [6, 6.07) is 9.11. The van der Waals surface area contributed by atoms with E-state index in [1.807, 2.05) is 11.3 Å². The summed E-state index contributed by atoms with van der Waals surface area (Å²) in [7, 11) is 0. The van der Waals surface area contributed by atoms with Crippen molar-refractivity contribution >= 4 is 22.9 Å². The van der Waals surface area contributed by atoms with Crippen LogP contribution in [0.4, 0.5) is 0 Å². The van der Waals surface area contributed by atoms with Gasteiger partial charge in [0.05, 0.1) is 5.38 Å². The fourth-order valence-electron chi connectivity index (χ4n) is 2.83. The van der Waals surface area contributed by atoms with Crippen molar-refractivity contribution in [2.45, 2.75) is 58.8 Å². The van der Waals surface area contributed by atoms with Gasteiger partial charge in [0.25, 0.3) is 0 Å². The molecular weight excluding hydrogens is 296 g/mol. The highest BCUT2D eigenvalue weighted by Gasteiger charge is 2.20. The summed E-state index contributed by atoms with van der Waals surface area (Å²) in [5.74, 6) is 0. The topological polar surface area (TPSA) is 0 Å². The molecule has 0 saturated carbocycles. The molecule has 0 spiro atoms. The molecule has 2 rings (SSSR count). The van der Waals surface area contributed by atoms with Gasteiger partial charge >= 0.3 is 0 Å². The minimum absolute atomic E-state index is 0.00824. The third-order valence-electron chi connectivity index (χ3n) is 4.12. The maximum absolute atomic E-state index is 6.88. The van der Waals surface area contributed by atoms with Gasteiger partial charge in [-0.1, -0.05) is 39.8 Å². The first kappa shape index (κ1) is 16.6. The highest BCUT2D eigenvalue weighted by atomic mass is 35.5. The highest BCUT2D eigenvalue weighted by Crippen LogP contribution is 2.38. The molecule has 1 aromatic heterocycles. The Bertz CT molecular complexity index is 572. The van der Waals surface area contributed by atoms with E-state index in [0.29, 0.717) is 0 Å². The Morgan fingerprint density at radius 1 is 0.905 bits per heavy atom. The predicted molar refractivity (Wildman–Crippen MR) is 96.0 cm³/mol. The molecule has 2 heteroatoms. The van der Waals surface area contributed by atoms with Gasteiger partial charge in [0.1, 0.15) is 0 Å². The second-order valence-corrected chi connectivity index (χ2v) is 7.04. The molecule has 0 amide bonds. The van der Waals surface area contributed by atoms with Crippen LogP contribution in [0, 0.1) is 0 Å². The number of aryl methyl sites for hydroxylation is 4. The number of hydrogen-bond acceptors (Lipinski definition) is 1. The van der Waals surface area contributed by atoms with Crippen molar-refractivity contribution < 1.29 is 0 Å². The van der Waals surface area contributed by atoms with Crippen molar-refractivity contribution in [1.82, 2.24) is 0 Å². The van der Waals surface area contributed by atoms with Crippen molar-refractivity contribution in [1.29, 1.82) is 0 Å². The van der Waals surface area contributed by atoms with Crippen molar-refractivity contribution in [3.05, 3.63) is 56.3 Å². The van der Waals surface area contributed by atoms with Gasteiger partial charge in [-0.3, -0.25) is 0 Å². The van der Waals surface area contributed by atoms with E-state index in [2.05, 4.69) is 52.0 Å². The van der Waals surface area contributed by atoms with E-state index >= 15 is 0 Å². The lowest BCUT2D eigenvalue weighted by Gasteiger charge is -2.19. The van der Waals surface area contributed by atoms with E-state index < -0.39 is 0 Å². The molecule has 0 fully saturated rings. The molecule has 1 atom stereocenters. The number of hydrogen-bond donors (Lipinski definition) is 0. The fourth-order valence-corrected chi connectivity index (χ4v) is 4.26. The van der Waals surface area contributed by atoms with Crippen molar-refractivity contribution in [2.75, 3.05) is 0 Å². The van der Waals surface area contributed by atoms with E-state index in [-0.39, 0.29) is 5.38 Å². The lowest BCUT2D eigenvalue weighted by Crippen LogP contribution is -2.04. The molecule has 2 aromatic rings. The Morgan fingerprint density at radius 2 is 1.52 bits per heavy atom. The Labute approximate surface area is 138 Å². The average Bonchev–Trinajstić information content (AvgIpc) is 3.01. The van der Waals surface area contributed by atoms with Crippen molar-refractivity contribution in [3.8, 4) is 0 Å². The molecule has 21 heavy (non-hydrogen) atoms. The Kier molecular flexibility index (Phi) is 5.89. The van der Waals surface area contributed by atoms with E-state index in [0.717, 1.165) is 25.7 Å². The molecule has 0 saturated heterocycles. The molecule has 0 bridgehead atoms. The zero-order valence-electron chi connectivity index (χ0n) is 13.5. The van der Waals surface area contributed by atoms with Gasteiger partial charge in [0, 0.05) is 9.75 Å². The number of benzene rings is 1. The number of halogens is 1. The smallest absolute Gasteiger partial charge is 0.0933 e. The summed E-state index contributed by atoms with van der Waals surface area (Å²) in [6.07, 6.45) is 4.27. The van der Waals surface area contributed by atoms with Crippen LogP contribution in [0.2, 0.25) is 0 Å². The zero-order valence-corrected chi connectivity index (χ0v) is 15.1. The molecule has 114 valence electrons. The molecule has 0 aliphatic carbocycles. The summed E-state index contributed by atoms with van der Waals surface area (Å²) in [5, 5.41) is -0.00824. The monoisotopic (exact) mass is 320 g/mol. The van der Waals surface area contributed by atoms with Crippen LogP contribution in [0.5, 0.6) is 0 Å². The maximum atomic E-state index is 6.88. The molecule has 0 aliphatic rings. The third kappa shape index (κ3) is 3.52. The van der Waals surface area contributed by atoms with Crippen LogP contribution in [0.3, 0.4) is 0 Å². The van der Waals surface area contributed by atoms with Crippen LogP contribution in [0.25, 0.3) is 0 Å². The molecule has 0 aliphatic heterocycles. The molecule has 0 nitrogen and oxygen atoms in total. The van der Waals surface area contributed by atoms with Crippen LogP contribution in [0.1, 0.15) is 65.1 Å². The van der Waals surface area contributed by atoms with Crippen LogP contribution < -0.4 is 0 Å². The van der Waals surface area contributed by atoms with Gasteiger partial charge < -0.3 is 0 Å². The normalized spacial score (nSPS) is 12.6. The fraction of sp³-hybridized carbons (Fsp3) is 0.474. The Balaban J connectivity index is 2.50. The summed E-state index contributed by atoms with van der Waals surface area (Å²) >= 11 is 8.73. The Hall–Kier alpha value is -0.790. The number of thiophene rings is 1. The van der Waals surface area contributed by atoms with E-state index in [1.54, 1.807) is 0 Å². The minimum Gasteiger partial charge on any atom is -0.143 e. The largest absolute Gasteiger partial charge is 0.143 e. The predicted octanol–water partition coefficient (Wildman–Crippen LogP) is 6.33. The van der Waals surface area contributed by atoms with Crippen LogP contribution in [-0.4, -0.2) is 0 Å². The quantitative estimate of drug-likeness (QED) is 0.546. The lowest BCUT2D eigenvalue weighted by molar-refractivity contribution is 0.972. The van der Waals surface area contributed by atoms with Gasteiger partial charge in [-0.15, -0.1) is 22.9 Å². The molecular formula is C19H25ClS. The average molecular weight is 321 g/mol. The third-order valence-corrected chi connectivity index (χ3v) is 5.99. The second kappa shape index (κ2) is 7.47. The number of alkyl halides is 1. The van der Waals surface area contributed by atoms with Gasteiger partial charge in [-0.05, 0) is 60.1 Å². The van der Waals surface area contributed by atoms with Crippen molar-refractivity contribution in [3.63, 3.8) is 0 Å². The zero-order chi connectivity index (χ0) is 15.4. The summed E-state index contributed by atoms with van der Waals surface area (Å²) in [6.45, 7) is 8.88. The van der Waals surface area contributed by atoms with Crippen LogP contribution in [0.15, 0.2) is 24.3 Å². The second-order valence-electron chi connectivity index (χ2n) is 5.41. The highest BCUT2D eigenvalue weighted by molar-refractivity contribution is 7.12. The summed E-state index contributed by atoms with van der Waals surface area (Å²) in [5.41, 5.74) is 5.61. The van der Waals surface area contributed by atoms with Gasteiger partial charge in [-0.25, -0.2) is 0 Å².